The summed E-state index contributed by atoms with van der Waals surface area (Å²) in [5.74, 6) is 1.27. The molecule has 174 valence electrons. The summed E-state index contributed by atoms with van der Waals surface area (Å²) in [7, 11) is 4.17. The minimum absolute atomic E-state index is 0.00662. The van der Waals surface area contributed by atoms with Gasteiger partial charge in [-0.05, 0) is 59.0 Å². The van der Waals surface area contributed by atoms with E-state index >= 15 is 0 Å². The van der Waals surface area contributed by atoms with Crippen molar-refractivity contribution in [2.45, 2.75) is 39.7 Å². The van der Waals surface area contributed by atoms with Crippen molar-refractivity contribution in [2.24, 2.45) is 11.7 Å². The van der Waals surface area contributed by atoms with E-state index < -0.39 is 0 Å². The van der Waals surface area contributed by atoms with Gasteiger partial charge in [-0.15, -0.1) is 0 Å². The maximum atomic E-state index is 13.4. The molecule has 8 heteroatoms. The van der Waals surface area contributed by atoms with Gasteiger partial charge >= 0.3 is 0 Å². The number of ether oxygens (including phenoxy) is 1. The lowest BCUT2D eigenvalue weighted by Crippen LogP contribution is -2.25. The zero-order chi connectivity index (χ0) is 22.8. The van der Waals surface area contributed by atoms with Crippen molar-refractivity contribution in [2.75, 3.05) is 51.8 Å². The lowest BCUT2D eigenvalue weighted by Gasteiger charge is -2.25. The Kier molecular flexibility index (Phi) is 6.71. The summed E-state index contributed by atoms with van der Waals surface area (Å²) in [5, 5.41) is 9.09. The van der Waals surface area contributed by atoms with E-state index in [1.54, 1.807) is 0 Å². The predicted octanol–water partition coefficient (Wildman–Crippen LogP) is 2.71. The number of nitrogens with two attached hydrogens (primary N) is 1. The molecule has 1 aliphatic heterocycles. The highest BCUT2D eigenvalue weighted by molar-refractivity contribution is 6.06. The third-order valence-corrected chi connectivity index (χ3v) is 6.26. The molecule has 2 aromatic heterocycles. The van der Waals surface area contributed by atoms with Gasteiger partial charge in [0.15, 0.2) is 0 Å². The molecule has 0 saturated carbocycles. The fourth-order valence-electron chi connectivity index (χ4n) is 4.80. The number of aryl methyl sites for hydroxylation is 2. The molecule has 32 heavy (non-hydrogen) atoms. The molecular weight excluding hydrogens is 404 g/mol. The van der Waals surface area contributed by atoms with E-state index in [4.69, 9.17) is 10.5 Å². The van der Waals surface area contributed by atoms with E-state index in [0.717, 1.165) is 54.1 Å². The first kappa shape index (κ1) is 22.6. The van der Waals surface area contributed by atoms with Crippen molar-refractivity contribution in [3.05, 3.63) is 28.2 Å². The normalized spacial score (nSPS) is 15.4. The quantitative estimate of drug-likeness (QED) is 0.532. The van der Waals surface area contributed by atoms with Crippen molar-refractivity contribution in [3.63, 3.8) is 0 Å². The van der Waals surface area contributed by atoms with Crippen LogP contribution in [-0.2, 0) is 6.54 Å². The molecule has 3 aromatic rings. The van der Waals surface area contributed by atoms with Crippen LogP contribution in [0, 0.1) is 12.8 Å². The zero-order valence-electron chi connectivity index (χ0n) is 19.8. The Morgan fingerprint density at radius 1 is 1.28 bits per heavy atom. The van der Waals surface area contributed by atoms with Crippen LogP contribution in [0.1, 0.15) is 31.9 Å². The van der Waals surface area contributed by atoms with E-state index in [0.29, 0.717) is 36.5 Å². The van der Waals surface area contributed by atoms with Crippen molar-refractivity contribution in [3.8, 4) is 5.75 Å². The van der Waals surface area contributed by atoms with Crippen molar-refractivity contribution >= 4 is 27.5 Å². The fraction of sp³-hybridized carbons (Fsp3) is 0.583. The molecule has 3 heterocycles. The van der Waals surface area contributed by atoms with Crippen LogP contribution in [-0.4, -0.2) is 66.5 Å². The van der Waals surface area contributed by atoms with Gasteiger partial charge in [-0.1, -0.05) is 6.92 Å². The molecule has 1 saturated heterocycles. The van der Waals surface area contributed by atoms with Gasteiger partial charge in [0.2, 0.25) is 0 Å². The molecular formula is C24H36N6O2. The Morgan fingerprint density at radius 2 is 2.03 bits per heavy atom. The van der Waals surface area contributed by atoms with E-state index in [9.17, 15) is 4.79 Å². The molecule has 8 nitrogen and oxygen atoms in total. The number of pyridine rings is 1. The van der Waals surface area contributed by atoms with E-state index in [-0.39, 0.29) is 5.56 Å². The molecule has 1 aromatic carbocycles. The third kappa shape index (κ3) is 4.34. The van der Waals surface area contributed by atoms with E-state index in [1.165, 1.54) is 12.8 Å². The number of H-pyrrole nitrogens is 1. The first-order valence-corrected chi connectivity index (χ1v) is 11.7. The summed E-state index contributed by atoms with van der Waals surface area (Å²) >= 11 is 0. The predicted molar refractivity (Wildman–Crippen MR) is 131 cm³/mol. The highest BCUT2D eigenvalue weighted by Crippen LogP contribution is 2.37. The van der Waals surface area contributed by atoms with Crippen LogP contribution in [0.4, 0.5) is 5.69 Å². The minimum Gasteiger partial charge on any atom is -0.491 e. The van der Waals surface area contributed by atoms with Gasteiger partial charge in [-0.2, -0.15) is 5.10 Å². The van der Waals surface area contributed by atoms with Crippen LogP contribution in [0.5, 0.6) is 5.75 Å². The second-order valence-electron chi connectivity index (χ2n) is 9.38. The van der Waals surface area contributed by atoms with Crippen molar-refractivity contribution in [1.82, 2.24) is 19.7 Å². The monoisotopic (exact) mass is 440 g/mol. The van der Waals surface area contributed by atoms with Crippen LogP contribution >= 0.6 is 0 Å². The third-order valence-electron chi connectivity index (χ3n) is 6.26. The summed E-state index contributed by atoms with van der Waals surface area (Å²) in [6.45, 7) is 8.85. The van der Waals surface area contributed by atoms with E-state index in [1.807, 2.05) is 11.5 Å². The minimum atomic E-state index is -0.00662. The van der Waals surface area contributed by atoms with Crippen LogP contribution in [0.3, 0.4) is 0 Å². The Morgan fingerprint density at radius 3 is 2.72 bits per heavy atom. The molecule has 0 spiro atoms. The summed E-state index contributed by atoms with van der Waals surface area (Å²) < 4.78 is 8.28. The van der Waals surface area contributed by atoms with Crippen molar-refractivity contribution < 1.29 is 4.74 Å². The SMILES string of the molecule is Cc1[nH]nc2c1c(=O)n(CCCN)c1cc(N3CCCC3)c(OCC(C)CN(C)C)cc21. The van der Waals surface area contributed by atoms with Crippen LogP contribution < -0.4 is 20.9 Å². The number of aromatic amines is 1. The number of fused-ring (bicyclic) bond motifs is 3. The van der Waals surface area contributed by atoms with E-state index in [2.05, 4.69) is 53.1 Å². The molecule has 3 N–H and O–H groups in total. The number of hydrogen-bond donors (Lipinski definition) is 2. The Labute approximate surface area is 189 Å². The maximum absolute atomic E-state index is 13.4. The lowest BCUT2D eigenvalue weighted by atomic mass is 10.1. The zero-order valence-corrected chi connectivity index (χ0v) is 19.8. The summed E-state index contributed by atoms with van der Waals surface area (Å²) in [4.78, 5) is 17.9. The van der Waals surface area contributed by atoms with Crippen LogP contribution in [0.2, 0.25) is 0 Å². The topological polar surface area (TPSA) is 92.4 Å². The molecule has 0 bridgehead atoms. The Balaban J connectivity index is 1.88. The molecule has 0 radical (unpaired) electrons. The number of benzene rings is 1. The molecule has 4 rings (SSSR count). The van der Waals surface area contributed by atoms with Gasteiger partial charge in [-0.25, -0.2) is 0 Å². The molecule has 1 atom stereocenters. The Hall–Kier alpha value is -2.58. The highest BCUT2D eigenvalue weighted by atomic mass is 16.5. The number of anilines is 1. The second-order valence-corrected chi connectivity index (χ2v) is 9.38. The van der Waals surface area contributed by atoms with Gasteiger partial charge in [0.1, 0.15) is 11.3 Å². The fourth-order valence-corrected chi connectivity index (χ4v) is 4.80. The van der Waals surface area contributed by atoms with Gasteiger partial charge in [-0.3, -0.25) is 9.89 Å². The van der Waals surface area contributed by atoms with Crippen molar-refractivity contribution in [1.29, 1.82) is 0 Å². The van der Waals surface area contributed by atoms with Crippen LogP contribution in [0.25, 0.3) is 21.8 Å². The number of hydrogen-bond acceptors (Lipinski definition) is 6. The number of rotatable bonds is 9. The summed E-state index contributed by atoms with van der Waals surface area (Å²) in [5.41, 5.74) is 9.25. The molecule has 0 amide bonds. The Bertz CT molecular complexity index is 1140. The molecule has 0 aliphatic carbocycles. The van der Waals surface area contributed by atoms with Gasteiger partial charge in [0.05, 0.1) is 23.2 Å². The molecule has 1 unspecified atom stereocenters. The lowest BCUT2D eigenvalue weighted by molar-refractivity contribution is 0.223. The highest BCUT2D eigenvalue weighted by Gasteiger charge is 2.22. The summed E-state index contributed by atoms with van der Waals surface area (Å²) in [6, 6.07) is 4.22. The first-order valence-electron chi connectivity index (χ1n) is 11.7. The first-order chi connectivity index (χ1) is 15.4. The number of nitrogens with zero attached hydrogens (tertiary/aromatic N) is 4. The standard InChI is InChI=1S/C24H36N6O2/c1-16(14-28(3)4)15-32-21-12-18-19(13-20(21)29-9-5-6-10-29)30(11-7-8-25)24(31)22-17(2)26-27-23(18)22/h12-13,16H,5-11,14-15,25H2,1-4H3,(H,26,27). The van der Waals surface area contributed by atoms with Gasteiger partial charge < -0.3 is 24.8 Å². The van der Waals surface area contributed by atoms with Gasteiger partial charge in [0.25, 0.3) is 5.56 Å². The molecule has 1 aliphatic rings. The maximum Gasteiger partial charge on any atom is 0.262 e. The molecule has 1 fully saturated rings. The number of aromatic nitrogens is 3. The largest absolute Gasteiger partial charge is 0.491 e. The smallest absolute Gasteiger partial charge is 0.262 e. The average molecular weight is 441 g/mol. The number of nitrogens with one attached hydrogen (secondary N) is 1. The summed E-state index contributed by atoms with van der Waals surface area (Å²) in [6.07, 6.45) is 3.09. The van der Waals surface area contributed by atoms with Gasteiger partial charge in [0, 0.05) is 43.2 Å². The average Bonchev–Trinajstić information content (AvgIpc) is 3.41. The second kappa shape index (κ2) is 9.50. The van der Waals surface area contributed by atoms with Crippen LogP contribution in [0.15, 0.2) is 16.9 Å².